The minimum atomic E-state index is -4.35. The Morgan fingerprint density at radius 2 is 2.06 bits per heavy atom. The zero-order valence-corrected chi connectivity index (χ0v) is 10.2. The van der Waals surface area contributed by atoms with Crippen LogP contribution in [0.5, 0.6) is 0 Å². The molecular weight excluding hydrogens is 277 g/mol. The number of thioether (sulfide) groups is 1. The standard InChI is InChI=1S/C8H13F3N2O4S/c1-17-4-5(6(14)15)13-7(16)12-2-3-18-8(9,10)11/h5H,2-4H2,1H3,(H,14,15)(H2,12,13,16). The van der Waals surface area contributed by atoms with Gasteiger partial charge in [0.05, 0.1) is 6.61 Å². The van der Waals surface area contributed by atoms with E-state index in [-0.39, 0.29) is 30.7 Å². The van der Waals surface area contributed by atoms with Gasteiger partial charge in [-0.05, 0) is 11.8 Å². The van der Waals surface area contributed by atoms with Gasteiger partial charge in [-0.1, -0.05) is 0 Å². The van der Waals surface area contributed by atoms with Crippen LogP contribution in [0.2, 0.25) is 0 Å². The van der Waals surface area contributed by atoms with E-state index in [1.165, 1.54) is 7.11 Å². The number of carbonyl (C=O) groups is 2. The number of carboxylic acid groups (broad SMARTS) is 1. The van der Waals surface area contributed by atoms with Gasteiger partial charge in [0.2, 0.25) is 0 Å². The first-order valence-corrected chi connectivity index (χ1v) is 5.71. The van der Waals surface area contributed by atoms with Gasteiger partial charge in [-0.2, -0.15) is 13.2 Å². The maximum absolute atomic E-state index is 11.7. The Kier molecular flexibility index (Phi) is 7.51. The molecule has 2 amide bonds. The number of alkyl halides is 3. The Morgan fingerprint density at radius 3 is 2.50 bits per heavy atom. The van der Waals surface area contributed by atoms with Crippen molar-refractivity contribution in [2.45, 2.75) is 11.6 Å². The fourth-order valence-corrected chi connectivity index (χ4v) is 1.32. The third-order valence-corrected chi connectivity index (χ3v) is 2.33. The summed E-state index contributed by atoms with van der Waals surface area (Å²) in [5, 5.41) is 12.8. The summed E-state index contributed by atoms with van der Waals surface area (Å²) < 4.78 is 39.8. The first-order chi connectivity index (χ1) is 8.26. The number of hydrogen-bond donors (Lipinski definition) is 3. The monoisotopic (exact) mass is 290 g/mol. The number of nitrogens with one attached hydrogen (secondary N) is 2. The lowest BCUT2D eigenvalue weighted by molar-refractivity contribution is -0.140. The van der Waals surface area contributed by atoms with Gasteiger partial charge < -0.3 is 20.5 Å². The largest absolute Gasteiger partial charge is 0.480 e. The molecule has 0 saturated heterocycles. The Morgan fingerprint density at radius 1 is 1.44 bits per heavy atom. The minimum Gasteiger partial charge on any atom is -0.480 e. The summed E-state index contributed by atoms with van der Waals surface area (Å²) in [6.45, 7) is -0.463. The Labute approximate surface area is 105 Å². The summed E-state index contributed by atoms with van der Waals surface area (Å²) >= 11 is -0.273. The van der Waals surface area contributed by atoms with Crippen molar-refractivity contribution in [3.63, 3.8) is 0 Å². The average Bonchev–Trinajstić information content (AvgIpc) is 2.22. The van der Waals surface area contributed by atoms with Gasteiger partial charge in [-0.25, -0.2) is 9.59 Å². The molecule has 0 aromatic heterocycles. The SMILES string of the molecule is COCC(NC(=O)NCCSC(F)(F)F)C(=O)O. The Hall–Kier alpha value is -1.16. The first kappa shape index (κ1) is 16.8. The highest BCUT2D eigenvalue weighted by molar-refractivity contribution is 8.00. The smallest absolute Gasteiger partial charge is 0.441 e. The lowest BCUT2D eigenvalue weighted by Crippen LogP contribution is -2.48. The number of carbonyl (C=O) groups excluding carboxylic acids is 1. The van der Waals surface area contributed by atoms with Crippen molar-refractivity contribution in [2.75, 3.05) is 26.0 Å². The molecule has 0 saturated carbocycles. The predicted molar refractivity (Wildman–Crippen MR) is 58.3 cm³/mol. The highest BCUT2D eigenvalue weighted by Crippen LogP contribution is 2.29. The second kappa shape index (κ2) is 8.03. The number of urea groups is 1. The van der Waals surface area contributed by atoms with E-state index in [9.17, 15) is 22.8 Å². The van der Waals surface area contributed by atoms with Gasteiger partial charge in [-0.15, -0.1) is 0 Å². The van der Waals surface area contributed by atoms with Crippen LogP contribution >= 0.6 is 11.8 Å². The molecule has 10 heteroatoms. The van der Waals surface area contributed by atoms with Crippen molar-refractivity contribution in [2.24, 2.45) is 0 Å². The van der Waals surface area contributed by atoms with E-state index in [0.29, 0.717) is 0 Å². The van der Waals surface area contributed by atoms with Crippen LogP contribution in [0.3, 0.4) is 0 Å². The second-order valence-electron chi connectivity index (χ2n) is 3.04. The highest BCUT2D eigenvalue weighted by Gasteiger charge is 2.27. The number of carboxylic acids is 1. The number of rotatable bonds is 7. The Balaban J connectivity index is 3.85. The van der Waals surface area contributed by atoms with Crippen LogP contribution in [0.25, 0.3) is 0 Å². The van der Waals surface area contributed by atoms with Gasteiger partial charge in [0, 0.05) is 19.4 Å². The summed E-state index contributed by atoms with van der Waals surface area (Å²) in [6.07, 6.45) is 0. The van der Waals surface area contributed by atoms with E-state index in [0.717, 1.165) is 0 Å². The van der Waals surface area contributed by atoms with E-state index in [2.05, 4.69) is 10.1 Å². The molecule has 0 rings (SSSR count). The van der Waals surface area contributed by atoms with Crippen molar-refractivity contribution < 1.29 is 32.6 Å². The van der Waals surface area contributed by atoms with Crippen LogP contribution in [0.4, 0.5) is 18.0 Å². The topological polar surface area (TPSA) is 87.7 Å². The highest BCUT2D eigenvalue weighted by atomic mass is 32.2. The summed E-state index contributed by atoms with van der Waals surface area (Å²) in [4.78, 5) is 21.7. The van der Waals surface area contributed by atoms with Crippen LogP contribution in [0.15, 0.2) is 0 Å². The lowest BCUT2D eigenvalue weighted by Gasteiger charge is -2.14. The molecule has 0 aliphatic rings. The zero-order chi connectivity index (χ0) is 14.2. The number of aliphatic carboxylic acids is 1. The molecule has 3 N–H and O–H groups in total. The van der Waals surface area contributed by atoms with Crippen LogP contribution in [-0.2, 0) is 9.53 Å². The summed E-state index contributed by atoms with van der Waals surface area (Å²) in [5.74, 6) is -1.64. The molecule has 0 bridgehead atoms. The quantitative estimate of drug-likeness (QED) is 0.599. The number of methoxy groups -OCH3 is 1. The molecule has 0 aliphatic heterocycles. The molecule has 1 atom stereocenters. The normalized spacial score (nSPS) is 12.9. The molecule has 0 heterocycles. The van der Waals surface area contributed by atoms with Gasteiger partial charge >= 0.3 is 17.5 Å². The molecule has 0 fully saturated rings. The van der Waals surface area contributed by atoms with Gasteiger partial charge in [0.25, 0.3) is 0 Å². The summed E-state index contributed by atoms with van der Waals surface area (Å²) in [7, 11) is 1.26. The van der Waals surface area contributed by atoms with Crippen molar-refractivity contribution in [3.05, 3.63) is 0 Å². The summed E-state index contributed by atoms with van der Waals surface area (Å²) in [6, 6.07) is -2.10. The van der Waals surface area contributed by atoms with E-state index < -0.39 is 23.6 Å². The van der Waals surface area contributed by atoms with E-state index in [4.69, 9.17) is 5.11 Å². The molecule has 106 valence electrons. The van der Waals surface area contributed by atoms with Gasteiger partial charge in [0.1, 0.15) is 0 Å². The number of halogens is 3. The molecule has 6 nitrogen and oxygen atoms in total. The average molecular weight is 290 g/mol. The molecule has 1 unspecified atom stereocenters. The van der Waals surface area contributed by atoms with Crippen LogP contribution in [0, 0.1) is 0 Å². The fraction of sp³-hybridized carbons (Fsp3) is 0.750. The lowest BCUT2D eigenvalue weighted by atomic mass is 10.3. The van der Waals surface area contributed by atoms with Crippen LogP contribution in [-0.4, -0.2) is 54.7 Å². The Bertz CT molecular complexity index is 288. The number of amides is 2. The first-order valence-electron chi connectivity index (χ1n) is 4.73. The maximum Gasteiger partial charge on any atom is 0.441 e. The van der Waals surface area contributed by atoms with Crippen molar-refractivity contribution >= 4 is 23.8 Å². The molecule has 0 spiro atoms. The predicted octanol–water partition coefficient (Wildman–Crippen LogP) is 0.638. The molecule has 18 heavy (non-hydrogen) atoms. The van der Waals surface area contributed by atoms with Crippen molar-refractivity contribution in [3.8, 4) is 0 Å². The van der Waals surface area contributed by atoms with Crippen LogP contribution in [0.1, 0.15) is 0 Å². The zero-order valence-electron chi connectivity index (χ0n) is 9.41. The second-order valence-corrected chi connectivity index (χ2v) is 4.20. The van der Waals surface area contributed by atoms with Gasteiger partial charge in [-0.3, -0.25) is 0 Å². The van der Waals surface area contributed by atoms with Gasteiger partial charge in [0.15, 0.2) is 6.04 Å². The van der Waals surface area contributed by atoms with E-state index in [1.807, 2.05) is 5.32 Å². The third kappa shape index (κ3) is 8.93. The molecule has 0 aliphatic carbocycles. The molecular formula is C8H13F3N2O4S. The van der Waals surface area contributed by atoms with E-state index in [1.54, 1.807) is 0 Å². The number of ether oxygens (including phenoxy) is 1. The minimum absolute atomic E-state index is 0.227. The van der Waals surface area contributed by atoms with Crippen LogP contribution < -0.4 is 10.6 Å². The summed E-state index contributed by atoms with van der Waals surface area (Å²) in [5.41, 5.74) is -4.35. The molecule has 0 aromatic rings. The van der Waals surface area contributed by atoms with E-state index >= 15 is 0 Å². The number of hydrogen-bond acceptors (Lipinski definition) is 4. The maximum atomic E-state index is 11.7. The fourth-order valence-electron chi connectivity index (χ4n) is 0.882. The van der Waals surface area contributed by atoms with Crippen molar-refractivity contribution in [1.82, 2.24) is 10.6 Å². The molecule has 0 radical (unpaired) electrons. The third-order valence-electron chi connectivity index (χ3n) is 1.59. The van der Waals surface area contributed by atoms with Crippen molar-refractivity contribution in [1.29, 1.82) is 0 Å². The molecule has 0 aromatic carbocycles.